The van der Waals surface area contributed by atoms with Crippen molar-refractivity contribution in [2.75, 3.05) is 0 Å². The normalized spacial score (nSPS) is 10.7. The number of nitrogens with zero attached hydrogens (tertiary/aromatic N) is 2. The van der Waals surface area contributed by atoms with Crippen molar-refractivity contribution in [1.29, 1.82) is 5.26 Å². The summed E-state index contributed by atoms with van der Waals surface area (Å²) in [5.41, 5.74) is 5.72. The molecule has 0 fully saturated rings. The molecule has 3 N–H and O–H groups in total. The Balaban J connectivity index is 2.67. The minimum absolute atomic E-state index is 0.0178. The van der Waals surface area contributed by atoms with E-state index in [2.05, 4.69) is 10.3 Å². The lowest BCUT2D eigenvalue weighted by Gasteiger charge is -1.99. The summed E-state index contributed by atoms with van der Waals surface area (Å²) >= 11 is 0. The number of aliphatic imine (C=N–C) groups is 1. The van der Waals surface area contributed by atoms with Gasteiger partial charge in [0.2, 0.25) is 5.96 Å². The van der Waals surface area contributed by atoms with Gasteiger partial charge in [-0.2, -0.15) is 5.26 Å². The number of guanidine groups is 1. The van der Waals surface area contributed by atoms with Gasteiger partial charge in [-0.3, -0.25) is 5.32 Å². The van der Waals surface area contributed by atoms with E-state index in [0.29, 0.717) is 5.56 Å². The van der Waals surface area contributed by atoms with Crippen molar-refractivity contribution in [2.45, 2.75) is 6.54 Å². The number of nitriles is 1. The molecule has 0 aliphatic rings. The van der Waals surface area contributed by atoms with E-state index in [4.69, 9.17) is 11.0 Å². The number of nitrogens with two attached hydrogens (primary N) is 1. The highest BCUT2D eigenvalue weighted by molar-refractivity contribution is 5.79. The van der Waals surface area contributed by atoms with Crippen molar-refractivity contribution in [2.24, 2.45) is 10.7 Å². The van der Waals surface area contributed by atoms with E-state index >= 15 is 0 Å². The first-order valence-corrected chi connectivity index (χ1v) is 3.92. The van der Waals surface area contributed by atoms with Crippen molar-refractivity contribution in [3.63, 3.8) is 0 Å². The summed E-state index contributed by atoms with van der Waals surface area (Å²) in [4.78, 5) is 3.77. The van der Waals surface area contributed by atoms with E-state index in [1.165, 1.54) is 6.07 Å². The zero-order chi connectivity index (χ0) is 10.4. The molecule has 0 saturated heterocycles. The molecule has 72 valence electrons. The van der Waals surface area contributed by atoms with E-state index in [1.807, 2.05) is 0 Å². The molecule has 4 nitrogen and oxygen atoms in total. The van der Waals surface area contributed by atoms with Crippen LogP contribution in [0.25, 0.3) is 0 Å². The lowest BCUT2D eigenvalue weighted by atomic mass is 10.2. The molecule has 0 aliphatic carbocycles. The molecule has 1 aromatic carbocycles. The van der Waals surface area contributed by atoms with Gasteiger partial charge in [-0.25, -0.2) is 9.38 Å². The third-order valence-corrected chi connectivity index (χ3v) is 1.56. The number of nitrogens with one attached hydrogen (secondary N) is 1. The molecule has 0 spiro atoms. The molecule has 1 rings (SSSR count). The number of benzene rings is 1. The molecule has 0 heterocycles. The summed E-state index contributed by atoms with van der Waals surface area (Å²) in [5.74, 6) is -0.350. The molecule has 0 aliphatic heterocycles. The van der Waals surface area contributed by atoms with Gasteiger partial charge in [-0.05, 0) is 6.07 Å². The maximum atomic E-state index is 13.0. The van der Waals surface area contributed by atoms with Gasteiger partial charge in [0.15, 0.2) is 6.19 Å². The fraction of sp³-hybridized carbons (Fsp3) is 0.111. The highest BCUT2D eigenvalue weighted by Gasteiger charge is 1.98. The number of hydrogen-bond acceptors (Lipinski definition) is 2. The summed E-state index contributed by atoms with van der Waals surface area (Å²) in [5, 5.41) is 10.3. The second kappa shape index (κ2) is 4.82. The van der Waals surface area contributed by atoms with Gasteiger partial charge in [-0.15, -0.1) is 0 Å². The Morgan fingerprint density at radius 3 is 2.93 bits per heavy atom. The van der Waals surface area contributed by atoms with Gasteiger partial charge in [0.05, 0.1) is 6.54 Å². The van der Waals surface area contributed by atoms with Gasteiger partial charge >= 0.3 is 0 Å². The summed E-state index contributed by atoms with van der Waals surface area (Å²) in [6.07, 6.45) is 1.62. The van der Waals surface area contributed by atoms with Crippen LogP contribution in [0.2, 0.25) is 0 Å². The molecule has 0 atom stereocenters. The Morgan fingerprint density at radius 2 is 2.29 bits per heavy atom. The number of hydrogen-bond donors (Lipinski definition) is 2. The van der Waals surface area contributed by atoms with Gasteiger partial charge in [0.25, 0.3) is 0 Å². The Labute approximate surface area is 80.9 Å². The molecule has 0 saturated carbocycles. The van der Waals surface area contributed by atoms with Gasteiger partial charge < -0.3 is 5.73 Å². The number of rotatable bonds is 2. The van der Waals surface area contributed by atoms with E-state index in [0.717, 1.165) is 0 Å². The molecule has 0 bridgehead atoms. The van der Waals surface area contributed by atoms with Crippen LogP contribution in [-0.4, -0.2) is 5.96 Å². The van der Waals surface area contributed by atoms with Crippen molar-refractivity contribution >= 4 is 5.96 Å². The molecule has 0 aromatic heterocycles. The van der Waals surface area contributed by atoms with Crippen LogP contribution in [0.1, 0.15) is 5.56 Å². The Kier molecular flexibility index (Phi) is 3.44. The lowest BCUT2D eigenvalue weighted by molar-refractivity contribution is 0.610. The van der Waals surface area contributed by atoms with Gasteiger partial charge in [-0.1, -0.05) is 18.2 Å². The van der Waals surface area contributed by atoms with E-state index < -0.39 is 0 Å². The average molecular weight is 192 g/mol. The smallest absolute Gasteiger partial charge is 0.202 e. The first kappa shape index (κ1) is 9.99. The first-order valence-electron chi connectivity index (χ1n) is 3.92. The predicted molar refractivity (Wildman–Crippen MR) is 50.5 cm³/mol. The molecule has 0 radical (unpaired) electrons. The van der Waals surface area contributed by atoms with E-state index in [-0.39, 0.29) is 18.3 Å². The Bertz CT molecular complexity index is 381. The molecular formula is C9H9FN4. The zero-order valence-electron chi connectivity index (χ0n) is 7.37. The third kappa shape index (κ3) is 2.75. The maximum absolute atomic E-state index is 13.0. The van der Waals surface area contributed by atoms with Crippen molar-refractivity contribution in [3.05, 3.63) is 35.6 Å². The number of halogens is 1. The van der Waals surface area contributed by atoms with Crippen LogP contribution < -0.4 is 11.1 Å². The molecule has 0 amide bonds. The molecule has 5 heteroatoms. The largest absolute Gasteiger partial charge is 0.369 e. The summed E-state index contributed by atoms with van der Waals surface area (Å²) in [7, 11) is 0. The lowest BCUT2D eigenvalue weighted by Crippen LogP contribution is -2.27. The highest BCUT2D eigenvalue weighted by atomic mass is 19.1. The van der Waals surface area contributed by atoms with Crippen molar-refractivity contribution in [1.82, 2.24) is 5.32 Å². The maximum Gasteiger partial charge on any atom is 0.202 e. The molecule has 1 aromatic rings. The average Bonchev–Trinajstić information content (AvgIpc) is 2.17. The van der Waals surface area contributed by atoms with Crippen LogP contribution >= 0.6 is 0 Å². The third-order valence-electron chi connectivity index (χ3n) is 1.56. The predicted octanol–water partition coefficient (Wildman–Crippen LogP) is 0.711. The minimum Gasteiger partial charge on any atom is -0.369 e. The molecule has 0 unspecified atom stereocenters. The Morgan fingerprint density at radius 1 is 1.57 bits per heavy atom. The van der Waals surface area contributed by atoms with Crippen LogP contribution in [0.3, 0.4) is 0 Å². The topological polar surface area (TPSA) is 74.2 Å². The fourth-order valence-corrected chi connectivity index (χ4v) is 0.894. The van der Waals surface area contributed by atoms with Crippen LogP contribution in [0.15, 0.2) is 29.3 Å². The highest BCUT2D eigenvalue weighted by Crippen LogP contribution is 2.06. The molecular weight excluding hydrogens is 183 g/mol. The first-order chi connectivity index (χ1) is 6.74. The second-order valence-electron chi connectivity index (χ2n) is 2.53. The summed E-state index contributed by atoms with van der Waals surface area (Å²) in [6.45, 7) is 0.118. The van der Waals surface area contributed by atoms with Crippen molar-refractivity contribution < 1.29 is 4.39 Å². The summed E-state index contributed by atoms with van der Waals surface area (Å²) < 4.78 is 13.0. The molecule has 14 heavy (non-hydrogen) atoms. The van der Waals surface area contributed by atoms with Crippen LogP contribution in [-0.2, 0) is 6.54 Å². The van der Waals surface area contributed by atoms with E-state index in [9.17, 15) is 4.39 Å². The fourth-order valence-electron chi connectivity index (χ4n) is 0.894. The Hall–Kier alpha value is -2.09. The van der Waals surface area contributed by atoms with Gasteiger partial charge in [0, 0.05) is 5.56 Å². The zero-order valence-corrected chi connectivity index (χ0v) is 7.37. The quantitative estimate of drug-likeness (QED) is 0.313. The van der Waals surface area contributed by atoms with Crippen molar-refractivity contribution in [3.8, 4) is 6.19 Å². The van der Waals surface area contributed by atoms with Crippen LogP contribution in [0.5, 0.6) is 0 Å². The standard InChI is InChI=1S/C9H9FN4/c10-8-4-2-1-3-7(8)5-13-9(12)14-6-11/h1-4H,5H2,(H3,12,13,14). The van der Waals surface area contributed by atoms with E-state index in [1.54, 1.807) is 24.4 Å². The minimum atomic E-state index is -0.332. The monoisotopic (exact) mass is 192 g/mol. The SMILES string of the molecule is N#CNC(N)=NCc1ccccc1F. The van der Waals surface area contributed by atoms with Crippen LogP contribution in [0.4, 0.5) is 4.39 Å². The second-order valence-corrected chi connectivity index (χ2v) is 2.53. The van der Waals surface area contributed by atoms with Gasteiger partial charge in [0.1, 0.15) is 5.82 Å². The summed E-state index contributed by atoms with van der Waals surface area (Å²) in [6, 6.07) is 6.26. The van der Waals surface area contributed by atoms with Crippen LogP contribution in [0, 0.1) is 17.3 Å².